The molecule has 3 nitrogen and oxygen atoms in total. The molecule has 0 saturated heterocycles. The van der Waals surface area contributed by atoms with E-state index in [0.717, 1.165) is 11.3 Å². The van der Waals surface area contributed by atoms with Crippen LogP contribution in [0, 0.1) is 11.3 Å². The van der Waals surface area contributed by atoms with Gasteiger partial charge in [-0.3, -0.25) is 4.79 Å². The Hall–Kier alpha value is -1.51. The van der Waals surface area contributed by atoms with E-state index >= 15 is 0 Å². The van der Waals surface area contributed by atoms with Crippen LogP contribution in [0.4, 0.5) is 0 Å². The summed E-state index contributed by atoms with van der Waals surface area (Å²) in [7, 11) is 1.64. The molecular weight excluding hydrogens is 226 g/mol. The minimum Gasteiger partial charge on any atom is -0.497 e. The lowest BCUT2D eigenvalue weighted by Crippen LogP contribution is -2.33. The molecule has 0 heterocycles. The Kier molecular flexibility index (Phi) is 4.38. The second kappa shape index (κ2) is 5.42. The molecule has 0 aliphatic carbocycles. The Morgan fingerprint density at radius 2 is 1.94 bits per heavy atom. The minimum absolute atomic E-state index is 0.0409. The maximum absolute atomic E-state index is 11.5. The van der Waals surface area contributed by atoms with Crippen LogP contribution in [0.25, 0.3) is 0 Å². The average Bonchev–Trinajstić information content (AvgIpc) is 2.27. The van der Waals surface area contributed by atoms with Crippen LogP contribution in [0.15, 0.2) is 24.3 Å². The first-order valence-corrected chi connectivity index (χ1v) is 6.20. The summed E-state index contributed by atoms with van der Waals surface area (Å²) in [4.78, 5) is 11.5. The molecule has 0 spiro atoms. The third kappa shape index (κ3) is 3.25. The van der Waals surface area contributed by atoms with Gasteiger partial charge in [0.05, 0.1) is 7.11 Å². The molecule has 0 aliphatic rings. The highest BCUT2D eigenvalue weighted by molar-refractivity contribution is 5.77. The summed E-state index contributed by atoms with van der Waals surface area (Å²) in [5.74, 6) is 0.401. The van der Waals surface area contributed by atoms with E-state index in [1.54, 1.807) is 7.11 Å². The number of primary amides is 1. The van der Waals surface area contributed by atoms with Gasteiger partial charge in [0.25, 0.3) is 0 Å². The molecule has 1 amide bonds. The molecule has 3 heteroatoms. The summed E-state index contributed by atoms with van der Waals surface area (Å²) >= 11 is 0. The van der Waals surface area contributed by atoms with E-state index in [0.29, 0.717) is 0 Å². The standard InChI is InChI=1S/C15H23NO2/c1-10(14(16)17)13(15(2,3)4)11-7-6-8-12(9-11)18-5/h6-10,13H,1-5H3,(H2,16,17)/t10-,13+/m1/s1. The molecule has 0 aliphatic heterocycles. The van der Waals surface area contributed by atoms with Gasteiger partial charge in [-0.2, -0.15) is 0 Å². The van der Waals surface area contributed by atoms with E-state index in [1.165, 1.54) is 0 Å². The predicted octanol–water partition coefficient (Wildman–Crippen LogP) is 2.95. The number of hydrogen-bond acceptors (Lipinski definition) is 2. The number of carbonyl (C=O) groups excluding carboxylic acids is 1. The molecule has 0 saturated carbocycles. The van der Waals surface area contributed by atoms with E-state index in [1.807, 2.05) is 31.2 Å². The van der Waals surface area contributed by atoms with Crippen LogP contribution < -0.4 is 10.5 Å². The Morgan fingerprint density at radius 1 is 1.33 bits per heavy atom. The summed E-state index contributed by atoms with van der Waals surface area (Å²) in [5.41, 5.74) is 6.52. The average molecular weight is 249 g/mol. The van der Waals surface area contributed by atoms with Gasteiger partial charge in [0, 0.05) is 11.8 Å². The summed E-state index contributed by atoms with van der Waals surface area (Å²) in [6.45, 7) is 8.25. The molecule has 2 N–H and O–H groups in total. The molecule has 0 bridgehead atoms. The molecule has 1 rings (SSSR count). The molecule has 0 fully saturated rings. The molecule has 0 radical (unpaired) electrons. The first-order valence-electron chi connectivity index (χ1n) is 6.20. The van der Waals surface area contributed by atoms with Crippen LogP contribution in [0.2, 0.25) is 0 Å². The molecule has 1 aromatic rings. The van der Waals surface area contributed by atoms with Gasteiger partial charge in [-0.05, 0) is 23.1 Å². The van der Waals surface area contributed by atoms with E-state index in [9.17, 15) is 4.79 Å². The van der Waals surface area contributed by atoms with Gasteiger partial charge in [-0.15, -0.1) is 0 Å². The van der Waals surface area contributed by atoms with Gasteiger partial charge in [0.15, 0.2) is 0 Å². The van der Waals surface area contributed by atoms with E-state index < -0.39 is 0 Å². The van der Waals surface area contributed by atoms with E-state index in [4.69, 9.17) is 10.5 Å². The zero-order valence-corrected chi connectivity index (χ0v) is 11.9. The number of benzene rings is 1. The van der Waals surface area contributed by atoms with Crippen molar-refractivity contribution in [2.75, 3.05) is 7.11 Å². The fourth-order valence-corrected chi connectivity index (χ4v) is 2.54. The zero-order valence-electron chi connectivity index (χ0n) is 11.9. The number of methoxy groups -OCH3 is 1. The van der Waals surface area contributed by atoms with Gasteiger partial charge in [-0.1, -0.05) is 39.8 Å². The second-order valence-corrected chi connectivity index (χ2v) is 5.81. The number of hydrogen-bond donors (Lipinski definition) is 1. The molecule has 0 aromatic heterocycles. The predicted molar refractivity (Wildman–Crippen MR) is 73.5 cm³/mol. The van der Waals surface area contributed by atoms with Gasteiger partial charge in [0.1, 0.15) is 5.75 Å². The number of ether oxygens (including phenoxy) is 1. The van der Waals surface area contributed by atoms with Crippen LogP contribution in [-0.4, -0.2) is 13.0 Å². The second-order valence-electron chi connectivity index (χ2n) is 5.81. The minimum atomic E-state index is -0.266. The molecular formula is C15H23NO2. The molecule has 1 aromatic carbocycles. The summed E-state index contributed by atoms with van der Waals surface area (Å²) in [6.07, 6.45) is 0. The van der Waals surface area contributed by atoms with E-state index in [-0.39, 0.29) is 23.2 Å². The van der Waals surface area contributed by atoms with Crippen molar-refractivity contribution in [3.05, 3.63) is 29.8 Å². The fourth-order valence-electron chi connectivity index (χ4n) is 2.54. The van der Waals surface area contributed by atoms with Crippen LogP contribution >= 0.6 is 0 Å². The lowest BCUT2D eigenvalue weighted by Gasteiger charge is -2.34. The molecule has 100 valence electrons. The Balaban J connectivity index is 3.21. The van der Waals surface area contributed by atoms with E-state index in [2.05, 4.69) is 20.8 Å². The third-order valence-corrected chi connectivity index (χ3v) is 3.33. The highest BCUT2D eigenvalue weighted by Gasteiger charge is 2.34. The first-order chi connectivity index (χ1) is 8.27. The smallest absolute Gasteiger partial charge is 0.220 e. The van der Waals surface area contributed by atoms with Crippen LogP contribution in [0.5, 0.6) is 5.75 Å². The van der Waals surface area contributed by atoms with Crippen molar-refractivity contribution in [1.82, 2.24) is 0 Å². The van der Waals surface area contributed by atoms with Crippen LogP contribution in [0.1, 0.15) is 39.2 Å². The van der Waals surface area contributed by atoms with Crippen molar-refractivity contribution in [3.63, 3.8) is 0 Å². The monoisotopic (exact) mass is 249 g/mol. The third-order valence-electron chi connectivity index (χ3n) is 3.33. The topological polar surface area (TPSA) is 52.3 Å². The number of nitrogens with two attached hydrogens (primary N) is 1. The maximum Gasteiger partial charge on any atom is 0.220 e. The highest BCUT2D eigenvalue weighted by atomic mass is 16.5. The van der Waals surface area contributed by atoms with Crippen LogP contribution in [0.3, 0.4) is 0 Å². The lowest BCUT2D eigenvalue weighted by atomic mass is 9.70. The van der Waals surface area contributed by atoms with Crippen molar-refractivity contribution < 1.29 is 9.53 Å². The number of carbonyl (C=O) groups is 1. The Bertz CT molecular complexity index is 421. The summed E-state index contributed by atoms with van der Waals surface area (Å²) < 4.78 is 5.24. The van der Waals surface area contributed by atoms with Crippen molar-refractivity contribution in [1.29, 1.82) is 0 Å². The summed E-state index contributed by atoms with van der Waals surface area (Å²) in [5, 5.41) is 0. The normalized spacial score (nSPS) is 14.9. The van der Waals surface area contributed by atoms with Gasteiger partial charge in [0.2, 0.25) is 5.91 Å². The molecule has 2 atom stereocenters. The number of amides is 1. The summed E-state index contributed by atoms with van der Waals surface area (Å²) in [6, 6.07) is 7.85. The maximum atomic E-state index is 11.5. The quantitative estimate of drug-likeness (QED) is 0.892. The zero-order chi connectivity index (χ0) is 13.9. The highest BCUT2D eigenvalue weighted by Crippen LogP contribution is 2.41. The van der Waals surface area contributed by atoms with Crippen molar-refractivity contribution >= 4 is 5.91 Å². The van der Waals surface area contributed by atoms with Crippen molar-refractivity contribution in [2.45, 2.75) is 33.6 Å². The van der Waals surface area contributed by atoms with Gasteiger partial charge in [-0.25, -0.2) is 0 Å². The van der Waals surface area contributed by atoms with Crippen molar-refractivity contribution in [2.24, 2.45) is 17.1 Å². The SMILES string of the molecule is COc1cccc([C@H]([C@@H](C)C(N)=O)C(C)(C)C)c1. The molecule has 18 heavy (non-hydrogen) atoms. The Labute approximate surface area is 109 Å². The van der Waals surface area contributed by atoms with Crippen LogP contribution in [-0.2, 0) is 4.79 Å². The van der Waals surface area contributed by atoms with Gasteiger partial charge < -0.3 is 10.5 Å². The first kappa shape index (κ1) is 14.6. The fraction of sp³-hybridized carbons (Fsp3) is 0.533. The number of rotatable bonds is 4. The Morgan fingerprint density at radius 3 is 2.39 bits per heavy atom. The van der Waals surface area contributed by atoms with Crippen molar-refractivity contribution in [3.8, 4) is 5.75 Å². The van der Waals surface area contributed by atoms with Gasteiger partial charge >= 0.3 is 0 Å². The largest absolute Gasteiger partial charge is 0.497 e. The molecule has 0 unspecified atom stereocenters. The lowest BCUT2D eigenvalue weighted by molar-refractivity contribution is -0.122.